The summed E-state index contributed by atoms with van der Waals surface area (Å²) in [5.41, 5.74) is 1.77. The first-order chi connectivity index (χ1) is 7.27. The van der Waals surface area contributed by atoms with Crippen LogP contribution >= 0.6 is 0 Å². The highest BCUT2D eigenvalue weighted by Crippen LogP contribution is 2.12. The molecule has 1 aliphatic rings. The Hall–Kier alpha value is -0.930. The molecule has 1 aromatic carbocycles. The summed E-state index contributed by atoms with van der Waals surface area (Å²) in [6.45, 7) is 4.14. The van der Waals surface area contributed by atoms with Gasteiger partial charge in [0.05, 0.1) is 6.61 Å². The lowest BCUT2D eigenvalue weighted by atomic mass is 10.1. The van der Waals surface area contributed by atoms with Gasteiger partial charge in [-0.05, 0) is 30.5 Å². The lowest BCUT2D eigenvalue weighted by molar-refractivity contribution is 0.190. The first-order valence-corrected chi connectivity index (χ1v) is 5.32. The van der Waals surface area contributed by atoms with Crippen LogP contribution < -0.4 is 5.32 Å². The molecule has 15 heavy (non-hydrogen) atoms. The molecule has 0 spiro atoms. The van der Waals surface area contributed by atoms with E-state index in [2.05, 4.69) is 5.32 Å². The highest BCUT2D eigenvalue weighted by molar-refractivity contribution is 5.27. The fourth-order valence-corrected chi connectivity index (χ4v) is 1.79. The van der Waals surface area contributed by atoms with Gasteiger partial charge in [0.25, 0.3) is 0 Å². The molecule has 0 bridgehead atoms. The highest BCUT2D eigenvalue weighted by atomic mass is 19.1. The molecule has 82 valence electrons. The van der Waals surface area contributed by atoms with Gasteiger partial charge in [-0.1, -0.05) is 12.1 Å². The van der Waals surface area contributed by atoms with E-state index in [4.69, 9.17) is 4.74 Å². The molecule has 0 aliphatic carbocycles. The molecule has 0 radical (unpaired) electrons. The fraction of sp³-hybridized carbons (Fsp3) is 0.500. The molecule has 1 unspecified atom stereocenters. The van der Waals surface area contributed by atoms with Gasteiger partial charge in [-0.2, -0.15) is 0 Å². The van der Waals surface area contributed by atoms with Crippen molar-refractivity contribution in [2.24, 2.45) is 0 Å². The number of hydrogen-bond acceptors (Lipinski definition) is 2. The van der Waals surface area contributed by atoms with Crippen LogP contribution in [-0.4, -0.2) is 19.3 Å². The van der Waals surface area contributed by atoms with Gasteiger partial charge in [-0.15, -0.1) is 0 Å². The van der Waals surface area contributed by atoms with Crippen molar-refractivity contribution in [1.82, 2.24) is 5.32 Å². The Kier molecular flexibility index (Phi) is 3.34. The summed E-state index contributed by atoms with van der Waals surface area (Å²) in [6.07, 6.45) is 1.05. The van der Waals surface area contributed by atoms with E-state index in [0.29, 0.717) is 6.04 Å². The maximum absolute atomic E-state index is 13.2. The highest BCUT2D eigenvalue weighted by Gasteiger charge is 2.14. The summed E-state index contributed by atoms with van der Waals surface area (Å²) in [5, 5.41) is 3.37. The van der Waals surface area contributed by atoms with Crippen LogP contribution in [0.15, 0.2) is 18.2 Å². The number of ether oxygens (including phenoxy) is 1. The molecule has 1 aromatic rings. The van der Waals surface area contributed by atoms with Gasteiger partial charge in [-0.3, -0.25) is 0 Å². The van der Waals surface area contributed by atoms with Crippen molar-refractivity contribution < 1.29 is 9.13 Å². The van der Waals surface area contributed by atoms with Crippen LogP contribution in [0.2, 0.25) is 0 Å². The van der Waals surface area contributed by atoms with Gasteiger partial charge in [-0.25, -0.2) is 4.39 Å². The minimum atomic E-state index is -0.128. The Bertz CT molecular complexity index is 334. The second-order valence-corrected chi connectivity index (χ2v) is 3.97. The molecular formula is C12H16FNO. The summed E-state index contributed by atoms with van der Waals surface area (Å²) in [6, 6.07) is 5.64. The molecule has 1 heterocycles. The number of benzene rings is 1. The van der Waals surface area contributed by atoms with Gasteiger partial charge in [0.2, 0.25) is 0 Å². The minimum absolute atomic E-state index is 0.128. The first kappa shape index (κ1) is 10.6. The topological polar surface area (TPSA) is 21.3 Å². The van der Waals surface area contributed by atoms with Crippen molar-refractivity contribution in [3.05, 3.63) is 35.1 Å². The standard InChI is InChI=1S/C12H16FNO/c1-9-10(3-2-4-12(9)13)7-14-11-5-6-15-8-11/h2-4,11,14H,5-8H2,1H3. The predicted molar refractivity (Wildman–Crippen MR) is 57.2 cm³/mol. The molecule has 1 N–H and O–H groups in total. The number of hydrogen-bond donors (Lipinski definition) is 1. The van der Waals surface area contributed by atoms with Crippen molar-refractivity contribution in [2.75, 3.05) is 13.2 Å². The van der Waals surface area contributed by atoms with Gasteiger partial charge >= 0.3 is 0 Å². The Morgan fingerprint density at radius 3 is 3.13 bits per heavy atom. The monoisotopic (exact) mass is 209 g/mol. The van der Waals surface area contributed by atoms with E-state index in [0.717, 1.165) is 37.3 Å². The molecule has 1 atom stereocenters. The molecule has 0 saturated carbocycles. The molecule has 1 aliphatic heterocycles. The SMILES string of the molecule is Cc1c(F)cccc1CNC1CCOC1. The zero-order valence-electron chi connectivity index (χ0n) is 8.92. The average Bonchev–Trinajstić information content (AvgIpc) is 2.73. The maximum atomic E-state index is 13.2. The van der Waals surface area contributed by atoms with E-state index in [1.807, 2.05) is 13.0 Å². The third-order valence-electron chi connectivity index (χ3n) is 2.89. The maximum Gasteiger partial charge on any atom is 0.126 e. The molecule has 3 heteroatoms. The molecule has 2 rings (SSSR count). The van der Waals surface area contributed by atoms with Crippen LogP contribution in [0.25, 0.3) is 0 Å². The number of nitrogens with one attached hydrogen (secondary N) is 1. The second kappa shape index (κ2) is 4.73. The summed E-state index contributed by atoms with van der Waals surface area (Å²) >= 11 is 0. The largest absolute Gasteiger partial charge is 0.380 e. The third kappa shape index (κ3) is 2.55. The molecule has 1 saturated heterocycles. The summed E-state index contributed by atoms with van der Waals surface area (Å²) < 4.78 is 18.5. The molecule has 1 fully saturated rings. The van der Waals surface area contributed by atoms with E-state index in [9.17, 15) is 4.39 Å². The van der Waals surface area contributed by atoms with Crippen LogP contribution in [0, 0.1) is 12.7 Å². The third-order valence-corrected chi connectivity index (χ3v) is 2.89. The molecular weight excluding hydrogens is 193 g/mol. The zero-order valence-corrected chi connectivity index (χ0v) is 8.92. The smallest absolute Gasteiger partial charge is 0.126 e. The van der Waals surface area contributed by atoms with Crippen LogP contribution in [0.3, 0.4) is 0 Å². The van der Waals surface area contributed by atoms with E-state index in [1.165, 1.54) is 6.07 Å². The van der Waals surface area contributed by atoms with E-state index in [1.54, 1.807) is 6.07 Å². The van der Waals surface area contributed by atoms with Crippen molar-refractivity contribution in [1.29, 1.82) is 0 Å². The first-order valence-electron chi connectivity index (χ1n) is 5.32. The quantitative estimate of drug-likeness (QED) is 0.822. The molecule has 0 amide bonds. The Balaban J connectivity index is 1.95. The second-order valence-electron chi connectivity index (χ2n) is 3.97. The Labute approximate surface area is 89.4 Å². The van der Waals surface area contributed by atoms with Gasteiger partial charge in [0, 0.05) is 19.2 Å². The van der Waals surface area contributed by atoms with Crippen molar-refractivity contribution in [3.8, 4) is 0 Å². The molecule has 0 aromatic heterocycles. The van der Waals surface area contributed by atoms with Gasteiger partial charge in [0.1, 0.15) is 5.82 Å². The van der Waals surface area contributed by atoms with Crippen LogP contribution in [0.4, 0.5) is 4.39 Å². The Morgan fingerprint density at radius 2 is 2.40 bits per heavy atom. The summed E-state index contributed by atoms with van der Waals surface area (Å²) in [4.78, 5) is 0. The fourth-order valence-electron chi connectivity index (χ4n) is 1.79. The number of halogens is 1. The Morgan fingerprint density at radius 1 is 1.53 bits per heavy atom. The van der Waals surface area contributed by atoms with E-state index < -0.39 is 0 Å². The van der Waals surface area contributed by atoms with Crippen LogP contribution in [0.5, 0.6) is 0 Å². The number of rotatable bonds is 3. The summed E-state index contributed by atoms with van der Waals surface area (Å²) in [7, 11) is 0. The zero-order chi connectivity index (χ0) is 10.7. The molecule has 2 nitrogen and oxygen atoms in total. The van der Waals surface area contributed by atoms with E-state index in [-0.39, 0.29) is 5.82 Å². The lowest BCUT2D eigenvalue weighted by Gasteiger charge is -2.12. The van der Waals surface area contributed by atoms with Crippen LogP contribution in [0.1, 0.15) is 17.5 Å². The average molecular weight is 209 g/mol. The van der Waals surface area contributed by atoms with Crippen LogP contribution in [-0.2, 0) is 11.3 Å². The lowest BCUT2D eigenvalue weighted by Crippen LogP contribution is -2.28. The van der Waals surface area contributed by atoms with Gasteiger partial charge < -0.3 is 10.1 Å². The van der Waals surface area contributed by atoms with Crippen molar-refractivity contribution in [3.63, 3.8) is 0 Å². The summed E-state index contributed by atoms with van der Waals surface area (Å²) in [5.74, 6) is -0.128. The minimum Gasteiger partial charge on any atom is -0.380 e. The van der Waals surface area contributed by atoms with Gasteiger partial charge in [0.15, 0.2) is 0 Å². The predicted octanol–water partition coefficient (Wildman–Crippen LogP) is 2.01. The van der Waals surface area contributed by atoms with E-state index >= 15 is 0 Å². The van der Waals surface area contributed by atoms with Crippen molar-refractivity contribution >= 4 is 0 Å². The van der Waals surface area contributed by atoms with Crippen molar-refractivity contribution in [2.45, 2.75) is 25.9 Å². The normalized spacial score (nSPS) is 20.8.